The lowest BCUT2D eigenvalue weighted by Gasteiger charge is -2.26. The summed E-state index contributed by atoms with van der Waals surface area (Å²) in [6.07, 6.45) is 0. The van der Waals surface area contributed by atoms with Crippen molar-refractivity contribution in [1.29, 1.82) is 0 Å². The van der Waals surface area contributed by atoms with Crippen LogP contribution in [-0.2, 0) is 14.6 Å². The molecule has 1 aliphatic rings. The van der Waals surface area contributed by atoms with Gasteiger partial charge >= 0.3 is 0 Å². The Balaban J connectivity index is 2.37. The Labute approximate surface area is 106 Å². The molecule has 0 radical (unpaired) electrons. The Kier molecular flexibility index (Phi) is 2.95. The molecule has 0 aromatic heterocycles. The largest absolute Gasteiger partial charge is 0.368 e. The average Bonchev–Trinajstić information content (AvgIpc) is 2.51. The molecule has 1 unspecified atom stereocenters. The molecular weight excluding hydrogens is 252 g/mol. The fourth-order valence-electron chi connectivity index (χ4n) is 2.08. The number of carbonyl (C=O) groups excluding carboxylic acids is 1. The molecular formula is C12H16N2O3S. The number of hydrogen-bond acceptors (Lipinski definition) is 4. The van der Waals surface area contributed by atoms with E-state index in [4.69, 9.17) is 5.73 Å². The Bertz CT molecular complexity index is 593. The van der Waals surface area contributed by atoms with Crippen LogP contribution in [0.25, 0.3) is 0 Å². The van der Waals surface area contributed by atoms with E-state index in [1.54, 1.807) is 38.1 Å². The zero-order valence-corrected chi connectivity index (χ0v) is 11.1. The first-order chi connectivity index (χ1) is 8.24. The van der Waals surface area contributed by atoms with E-state index in [9.17, 15) is 13.2 Å². The normalized spacial score (nSPS) is 21.6. The third-order valence-corrected chi connectivity index (χ3v) is 4.98. The third-order valence-electron chi connectivity index (χ3n) is 3.17. The number of nitrogens with one attached hydrogen (secondary N) is 1. The fraction of sp³-hybridized carbons (Fsp3) is 0.417. The summed E-state index contributed by atoms with van der Waals surface area (Å²) in [6, 6.07) is 6.43. The van der Waals surface area contributed by atoms with E-state index in [0.29, 0.717) is 10.5 Å². The van der Waals surface area contributed by atoms with Crippen molar-refractivity contribution in [3.63, 3.8) is 0 Å². The summed E-state index contributed by atoms with van der Waals surface area (Å²) >= 11 is 0. The molecule has 6 heteroatoms. The number of rotatable bonds is 3. The van der Waals surface area contributed by atoms with Crippen LogP contribution in [0.5, 0.6) is 0 Å². The molecule has 1 aromatic carbocycles. The van der Waals surface area contributed by atoms with Gasteiger partial charge in [-0.25, -0.2) is 8.42 Å². The van der Waals surface area contributed by atoms with Crippen LogP contribution >= 0.6 is 0 Å². The quantitative estimate of drug-likeness (QED) is 0.828. The average molecular weight is 268 g/mol. The van der Waals surface area contributed by atoms with E-state index in [1.165, 1.54) is 0 Å². The minimum absolute atomic E-state index is 0.0386. The minimum Gasteiger partial charge on any atom is -0.368 e. The second-order valence-electron chi connectivity index (χ2n) is 5.01. The van der Waals surface area contributed by atoms with E-state index >= 15 is 0 Å². The maximum atomic E-state index is 12.0. The molecule has 1 aliphatic heterocycles. The first-order valence-electron chi connectivity index (χ1n) is 5.63. The zero-order chi connectivity index (χ0) is 13.6. The van der Waals surface area contributed by atoms with E-state index in [1.807, 2.05) is 0 Å². The van der Waals surface area contributed by atoms with Crippen molar-refractivity contribution in [3.8, 4) is 0 Å². The first-order valence-corrected chi connectivity index (χ1v) is 7.28. The van der Waals surface area contributed by atoms with E-state index in [0.717, 1.165) is 0 Å². The summed E-state index contributed by atoms with van der Waals surface area (Å²) in [4.78, 5) is 11.6. The first kappa shape index (κ1) is 13.0. The lowest BCUT2D eigenvalue weighted by molar-refractivity contribution is -0.123. The van der Waals surface area contributed by atoms with Gasteiger partial charge in [0.15, 0.2) is 9.84 Å². The van der Waals surface area contributed by atoms with Crippen LogP contribution in [0.2, 0.25) is 0 Å². The summed E-state index contributed by atoms with van der Waals surface area (Å²) in [5.74, 6) is -0.549. The summed E-state index contributed by atoms with van der Waals surface area (Å²) < 4.78 is 23.9. The Hall–Kier alpha value is -1.40. The number of nitrogens with two attached hydrogens (primary N) is 1. The van der Waals surface area contributed by atoms with Crippen molar-refractivity contribution in [1.82, 2.24) is 5.32 Å². The van der Waals surface area contributed by atoms with Gasteiger partial charge in [-0.2, -0.15) is 0 Å². The highest BCUT2D eigenvalue weighted by atomic mass is 32.2. The van der Waals surface area contributed by atoms with Crippen LogP contribution in [-0.4, -0.2) is 25.6 Å². The maximum Gasteiger partial charge on any atom is 0.237 e. The molecule has 0 aliphatic carbocycles. The Morgan fingerprint density at radius 3 is 2.61 bits per heavy atom. The molecule has 0 fully saturated rings. The third kappa shape index (κ3) is 2.13. The highest BCUT2D eigenvalue weighted by Crippen LogP contribution is 2.34. The van der Waals surface area contributed by atoms with Gasteiger partial charge in [-0.15, -0.1) is 0 Å². The molecule has 1 heterocycles. The van der Waals surface area contributed by atoms with Gasteiger partial charge in [0.2, 0.25) is 5.91 Å². The van der Waals surface area contributed by atoms with Crippen LogP contribution in [0.15, 0.2) is 29.2 Å². The SMILES string of the molecule is CC(C)(NC1CS(=O)(=O)c2ccccc21)C(N)=O. The molecule has 0 bridgehead atoms. The van der Waals surface area contributed by atoms with Crippen LogP contribution in [0.4, 0.5) is 0 Å². The van der Waals surface area contributed by atoms with Gasteiger partial charge in [-0.1, -0.05) is 18.2 Å². The lowest BCUT2D eigenvalue weighted by Crippen LogP contribution is -2.52. The summed E-state index contributed by atoms with van der Waals surface area (Å²) in [7, 11) is -3.27. The number of primary amides is 1. The fourth-order valence-corrected chi connectivity index (χ4v) is 3.81. The highest BCUT2D eigenvalue weighted by Gasteiger charge is 2.38. The van der Waals surface area contributed by atoms with Crippen molar-refractivity contribution in [2.75, 3.05) is 5.75 Å². The molecule has 1 atom stereocenters. The van der Waals surface area contributed by atoms with Gasteiger partial charge in [-0.3, -0.25) is 10.1 Å². The van der Waals surface area contributed by atoms with Crippen molar-refractivity contribution >= 4 is 15.7 Å². The number of fused-ring (bicyclic) bond motifs is 1. The number of carbonyl (C=O) groups is 1. The summed E-state index contributed by atoms with van der Waals surface area (Å²) in [6.45, 7) is 3.28. The van der Waals surface area contributed by atoms with Gasteiger partial charge in [-0.05, 0) is 25.5 Å². The van der Waals surface area contributed by atoms with Crippen molar-refractivity contribution < 1.29 is 13.2 Å². The number of sulfone groups is 1. The molecule has 18 heavy (non-hydrogen) atoms. The molecule has 1 amide bonds. The van der Waals surface area contributed by atoms with Crippen molar-refractivity contribution in [3.05, 3.63) is 29.8 Å². The van der Waals surface area contributed by atoms with E-state index < -0.39 is 27.3 Å². The molecule has 3 N–H and O–H groups in total. The monoisotopic (exact) mass is 268 g/mol. The molecule has 98 valence electrons. The van der Waals surface area contributed by atoms with Crippen molar-refractivity contribution in [2.24, 2.45) is 5.73 Å². The smallest absolute Gasteiger partial charge is 0.237 e. The zero-order valence-electron chi connectivity index (χ0n) is 10.3. The van der Waals surface area contributed by atoms with Gasteiger partial charge in [0.25, 0.3) is 0 Å². The summed E-state index contributed by atoms with van der Waals surface area (Å²) in [5, 5.41) is 3.01. The van der Waals surface area contributed by atoms with Gasteiger partial charge < -0.3 is 5.73 Å². The van der Waals surface area contributed by atoms with E-state index in [-0.39, 0.29) is 5.75 Å². The summed E-state index contributed by atoms with van der Waals surface area (Å²) in [5.41, 5.74) is 5.04. The molecule has 1 aromatic rings. The minimum atomic E-state index is -3.27. The molecule has 0 spiro atoms. The van der Waals surface area contributed by atoms with Crippen LogP contribution in [0, 0.1) is 0 Å². The topological polar surface area (TPSA) is 89.3 Å². The highest BCUT2D eigenvalue weighted by molar-refractivity contribution is 7.91. The number of amides is 1. The standard InChI is InChI=1S/C12H16N2O3S/c1-12(2,11(13)15)14-9-7-18(16,17)10-6-4-3-5-8(9)10/h3-6,9,14H,7H2,1-2H3,(H2,13,15). The Morgan fingerprint density at radius 2 is 2.00 bits per heavy atom. The maximum absolute atomic E-state index is 12.0. The second-order valence-corrected chi connectivity index (χ2v) is 7.01. The lowest BCUT2D eigenvalue weighted by atomic mass is 10.0. The Morgan fingerprint density at radius 1 is 1.39 bits per heavy atom. The van der Waals surface area contributed by atoms with E-state index in [2.05, 4.69) is 5.32 Å². The van der Waals surface area contributed by atoms with Crippen molar-refractivity contribution in [2.45, 2.75) is 30.3 Å². The number of benzene rings is 1. The predicted octanol–water partition coefficient (Wildman–Crippen LogP) is 0.368. The van der Waals surface area contributed by atoms with Crippen LogP contribution in [0.3, 0.4) is 0 Å². The van der Waals surface area contributed by atoms with Gasteiger partial charge in [0.05, 0.1) is 16.2 Å². The molecule has 2 rings (SSSR count). The second kappa shape index (κ2) is 4.07. The molecule has 0 saturated carbocycles. The molecule has 0 saturated heterocycles. The van der Waals surface area contributed by atoms with Gasteiger partial charge in [0, 0.05) is 6.04 Å². The van der Waals surface area contributed by atoms with Gasteiger partial charge in [0.1, 0.15) is 0 Å². The number of hydrogen-bond donors (Lipinski definition) is 2. The van der Waals surface area contributed by atoms with Crippen LogP contribution in [0.1, 0.15) is 25.5 Å². The van der Waals surface area contributed by atoms with Crippen LogP contribution < -0.4 is 11.1 Å². The molecule has 5 nitrogen and oxygen atoms in total. The predicted molar refractivity (Wildman–Crippen MR) is 67.6 cm³/mol.